The Hall–Kier alpha value is -2.58. The summed E-state index contributed by atoms with van der Waals surface area (Å²) >= 11 is 7.01. The van der Waals surface area contributed by atoms with Crippen molar-refractivity contribution in [1.29, 1.82) is 0 Å². The van der Waals surface area contributed by atoms with E-state index >= 15 is 0 Å². The molecule has 8 heteroatoms. The van der Waals surface area contributed by atoms with E-state index in [0.29, 0.717) is 36.9 Å². The molecule has 3 rings (SSSR count). The molecule has 30 heavy (non-hydrogen) atoms. The summed E-state index contributed by atoms with van der Waals surface area (Å²) in [7, 11) is 0. The maximum atomic E-state index is 10.9. The Morgan fingerprint density at radius 3 is 2.47 bits per heavy atom. The van der Waals surface area contributed by atoms with E-state index in [1.54, 1.807) is 12.1 Å². The number of non-ortho nitro benzene ring substituents is 1. The SMILES string of the molecule is CCOc1cc(CNc2cccc([N+](=O)[O-])c2)cc(Br)c1OCc1ccc(Br)cc1. The van der Waals surface area contributed by atoms with Crippen LogP contribution >= 0.6 is 31.9 Å². The zero-order valence-electron chi connectivity index (χ0n) is 16.2. The summed E-state index contributed by atoms with van der Waals surface area (Å²) in [6.07, 6.45) is 0. The second kappa shape index (κ2) is 10.4. The van der Waals surface area contributed by atoms with Gasteiger partial charge in [-0.3, -0.25) is 10.1 Å². The summed E-state index contributed by atoms with van der Waals surface area (Å²) in [5.41, 5.74) is 2.72. The molecule has 0 heterocycles. The first-order chi connectivity index (χ1) is 14.5. The van der Waals surface area contributed by atoms with Crippen molar-refractivity contribution in [3.8, 4) is 11.5 Å². The second-order valence-corrected chi connectivity index (χ2v) is 8.18. The maximum absolute atomic E-state index is 10.9. The normalized spacial score (nSPS) is 10.5. The van der Waals surface area contributed by atoms with Crippen LogP contribution in [-0.2, 0) is 13.2 Å². The number of benzene rings is 3. The fourth-order valence-corrected chi connectivity index (χ4v) is 3.66. The van der Waals surface area contributed by atoms with E-state index in [1.807, 2.05) is 43.3 Å². The number of anilines is 1. The minimum Gasteiger partial charge on any atom is -0.490 e. The van der Waals surface area contributed by atoms with E-state index in [2.05, 4.69) is 37.2 Å². The number of nitro groups is 1. The fourth-order valence-electron chi connectivity index (χ4n) is 2.80. The van der Waals surface area contributed by atoms with Crippen LogP contribution in [0.4, 0.5) is 11.4 Å². The molecule has 0 bridgehead atoms. The van der Waals surface area contributed by atoms with E-state index < -0.39 is 4.92 Å². The summed E-state index contributed by atoms with van der Waals surface area (Å²) < 4.78 is 13.6. The molecule has 0 aliphatic rings. The molecule has 0 radical (unpaired) electrons. The summed E-state index contributed by atoms with van der Waals surface area (Å²) in [6.45, 7) is 3.31. The van der Waals surface area contributed by atoms with Crippen molar-refractivity contribution in [2.24, 2.45) is 0 Å². The Labute approximate surface area is 191 Å². The van der Waals surface area contributed by atoms with Gasteiger partial charge in [0.15, 0.2) is 11.5 Å². The highest BCUT2D eigenvalue weighted by atomic mass is 79.9. The lowest BCUT2D eigenvalue weighted by molar-refractivity contribution is -0.384. The molecule has 0 saturated carbocycles. The summed E-state index contributed by atoms with van der Waals surface area (Å²) in [5, 5.41) is 14.2. The first-order valence-electron chi connectivity index (χ1n) is 9.27. The van der Waals surface area contributed by atoms with Crippen LogP contribution in [-0.4, -0.2) is 11.5 Å². The quantitative estimate of drug-likeness (QED) is 0.243. The van der Waals surface area contributed by atoms with Gasteiger partial charge in [0.25, 0.3) is 5.69 Å². The van der Waals surface area contributed by atoms with Gasteiger partial charge in [-0.25, -0.2) is 0 Å². The van der Waals surface area contributed by atoms with Gasteiger partial charge in [0.1, 0.15) is 6.61 Å². The number of rotatable bonds is 9. The third-order valence-corrected chi connectivity index (χ3v) is 5.34. The van der Waals surface area contributed by atoms with Crippen LogP contribution in [0.25, 0.3) is 0 Å². The van der Waals surface area contributed by atoms with Crippen molar-refractivity contribution >= 4 is 43.2 Å². The zero-order chi connectivity index (χ0) is 21.5. The standard InChI is InChI=1S/C22H20Br2N2O4/c1-2-29-21-11-16(13-25-18-4-3-5-19(12-18)26(27)28)10-20(24)22(21)30-14-15-6-8-17(23)9-7-15/h3-12,25H,2,13-14H2,1H3. The molecule has 156 valence electrons. The van der Waals surface area contributed by atoms with Gasteiger partial charge in [-0.1, -0.05) is 34.1 Å². The molecule has 3 aromatic rings. The average molecular weight is 536 g/mol. The molecule has 0 saturated heterocycles. The van der Waals surface area contributed by atoms with Crippen molar-refractivity contribution in [2.45, 2.75) is 20.1 Å². The molecule has 3 aromatic carbocycles. The van der Waals surface area contributed by atoms with Crippen LogP contribution in [0.2, 0.25) is 0 Å². The predicted octanol–water partition coefficient (Wildman–Crippen LogP) is 6.71. The first-order valence-corrected chi connectivity index (χ1v) is 10.9. The van der Waals surface area contributed by atoms with Crippen LogP contribution in [0.15, 0.2) is 69.6 Å². The lowest BCUT2D eigenvalue weighted by Crippen LogP contribution is -2.04. The zero-order valence-corrected chi connectivity index (χ0v) is 19.4. The number of hydrogen-bond acceptors (Lipinski definition) is 5. The van der Waals surface area contributed by atoms with E-state index in [4.69, 9.17) is 9.47 Å². The van der Waals surface area contributed by atoms with Crippen molar-refractivity contribution in [1.82, 2.24) is 0 Å². The maximum Gasteiger partial charge on any atom is 0.271 e. The Morgan fingerprint density at radius 1 is 1.00 bits per heavy atom. The predicted molar refractivity (Wildman–Crippen MR) is 124 cm³/mol. The molecule has 0 unspecified atom stereocenters. The van der Waals surface area contributed by atoms with Crippen LogP contribution in [0.1, 0.15) is 18.1 Å². The summed E-state index contributed by atoms with van der Waals surface area (Å²) in [5.74, 6) is 1.28. The minimum absolute atomic E-state index is 0.0490. The van der Waals surface area contributed by atoms with Gasteiger partial charge >= 0.3 is 0 Å². The van der Waals surface area contributed by atoms with Gasteiger partial charge in [-0.2, -0.15) is 0 Å². The lowest BCUT2D eigenvalue weighted by atomic mass is 10.2. The Morgan fingerprint density at radius 2 is 1.77 bits per heavy atom. The van der Waals surface area contributed by atoms with E-state index in [0.717, 1.165) is 20.1 Å². The molecular weight excluding hydrogens is 516 g/mol. The highest BCUT2D eigenvalue weighted by molar-refractivity contribution is 9.10. The van der Waals surface area contributed by atoms with Crippen LogP contribution in [0.5, 0.6) is 11.5 Å². The molecule has 0 fully saturated rings. The lowest BCUT2D eigenvalue weighted by Gasteiger charge is -2.16. The van der Waals surface area contributed by atoms with Crippen molar-refractivity contribution in [2.75, 3.05) is 11.9 Å². The summed E-state index contributed by atoms with van der Waals surface area (Å²) in [4.78, 5) is 10.5. The van der Waals surface area contributed by atoms with Crippen molar-refractivity contribution < 1.29 is 14.4 Å². The molecule has 0 amide bonds. The first kappa shape index (κ1) is 22.1. The number of nitro benzene ring substituents is 1. The van der Waals surface area contributed by atoms with E-state index in [1.165, 1.54) is 12.1 Å². The highest BCUT2D eigenvalue weighted by Crippen LogP contribution is 2.37. The smallest absolute Gasteiger partial charge is 0.271 e. The number of halogens is 2. The van der Waals surface area contributed by atoms with Gasteiger partial charge in [-0.05, 0) is 64.3 Å². The molecule has 0 atom stereocenters. The summed E-state index contributed by atoms with van der Waals surface area (Å²) in [6, 6.07) is 18.2. The fraction of sp³-hybridized carbons (Fsp3) is 0.182. The van der Waals surface area contributed by atoms with Gasteiger partial charge < -0.3 is 14.8 Å². The number of ether oxygens (including phenoxy) is 2. The minimum atomic E-state index is -0.410. The van der Waals surface area contributed by atoms with E-state index in [-0.39, 0.29) is 5.69 Å². The topological polar surface area (TPSA) is 73.6 Å². The molecule has 0 aliphatic heterocycles. The van der Waals surface area contributed by atoms with Crippen LogP contribution < -0.4 is 14.8 Å². The van der Waals surface area contributed by atoms with Crippen LogP contribution in [0.3, 0.4) is 0 Å². The number of nitrogens with one attached hydrogen (secondary N) is 1. The second-order valence-electron chi connectivity index (χ2n) is 6.41. The van der Waals surface area contributed by atoms with Crippen molar-refractivity contribution in [3.63, 3.8) is 0 Å². The highest BCUT2D eigenvalue weighted by Gasteiger charge is 2.13. The monoisotopic (exact) mass is 534 g/mol. The molecule has 0 spiro atoms. The number of hydrogen-bond donors (Lipinski definition) is 1. The Balaban J connectivity index is 1.74. The van der Waals surface area contributed by atoms with Gasteiger partial charge in [0, 0.05) is 28.8 Å². The largest absolute Gasteiger partial charge is 0.490 e. The molecule has 1 N–H and O–H groups in total. The van der Waals surface area contributed by atoms with Crippen LogP contribution in [0, 0.1) is 10.1 Å². The van der Waals surface area contributed by atoms with E-state index in [9.17, 15) is 10.1 Å². The molecule has 6 nitrogen and oxygen atoms in total. The molecule has 0 aliphatic carbocycles. The number of nitrogens with zero attached hydrogens (tertiary/aromatic N) is 1. The van der Waals surface area contributed by atoms with Gasteiger partial charge in [0.05, 0.1) is 16.0 Å². The van der Waals surface area contributed by atoms with Gasteiger partial charge in [-0.15, -0.1) is 0 Å². The van der Waals surface area contributed by atoms with Gasteiger partial charge in [0.2, 0.25) is 0 Å². The third kappa shape index (κ3) is 5.96. The Kier molecular flexibility index (Phi) is 7.70. The molecule has 0 aromatic heterocycles. The van der Waals surface area contributed by atoms with Crippen molar-refractivity contribution in [3.05, 3.63) is 90.9 Å². The molecular formula is C22H20Br2N2O4. The average Bonchev–Trinajstić information content (AvgIpc) is 2.73. The Bertz CT molecular complexity index is 1030. The third-order valence-electron chi connectivity index (χ3n) is 4.22.